The highest BCUT2D eigenvalue weighted by molar-refractivity contribution is 5.94. The molecule has 7 nitrogen and oxygen atoms in total. The number of halogens is 3. The zero-order chi connectivity index (χ0) is 22.7. The highest BCUT2D eigenvalue weighted by atomic mass is 19.4. The van der Waals surface area contributed by atoms with Gasteiger partial charge in [0.05, 0.1) is 0 Å². The van der Waals surface area contributed by atoms with Gasteiger partial charge in [-0.05, 0) is 25.5 Å². The smallest absolute Gasteiger partial charge is 0.475 e. The Morgan fingerprint density at radius 2 is 1.63 bits per heavy atom. The maximum absolute atomic E-state index is 12.6. The van der Waals surface area contributed by atoms with Crippen LogP contribution >= 0.6 is 0 Å². The molecule has 0 spiro atoms. The monoisotopic (exact) mass is 431 g/mol. The average Bonchev–Trinajstić information content (AvgIpc) is 2.71. The highest BCUT2D eigenvalue weighted by Crippen LogP contribution is 2.13. The fraction of sp³-hybridized carbons (Fsp3) is 0.550. The number of aliphatic carboxylic acids is 1. The second kappa shape index (κ2) is 12.2. The van der Waals surface area contributed by atoms with E-state index in [-0.39, 0.29) is 11.8 Å². The largest absolute Gasteiger partial charge is 0.490 e. The van der Waals surface area contributed by atoms with Crippen molar-refractivity contribution >= 4 is 17.8 Å². The lowest BCUT2D eigenvalue weighted by molar-refractivity contribution is -0.192. The van der Waals surface area contributed by atoms with Crippen molar-refractivity contribution in [2.24, 2.45) is 0 Å². The third-order valence-electron chi connectivity index (χ3n) is 4.39. The Bertz CT molecular complexity index is 702. The van der Waals surface area contributed by atoms with Gasteiger partial charge < -0.3 is 20.2 Å². The molecule has 2 rings (SSSR count). The van der Waals surface area contributed by atoms with Crippen molar-refractivity contribution in [1.29, 1.82) is 0 Å². The van der Waals surface area contributed by atoms with E-state index in [4.69, 9.17) is 9.90 Å². The van der Waals surface area contributed by atoms with E-state index < -0.39 is 12.1 Å². The lowest BCUT2D eigenvalue weighted by atomic mass is 10.1. The number of hydrogen-bond acceptors (Lipinski definition) is 4. The molecule has 168 valence electrons. The Morgan fingerprint density at radius 1 is 1.10 bits per heavy atom. The lowest BCUT2D eigenvalue weighted by Crippen LogP contribution is -2.47. The number of amides is 2. The van der Waals surface area contributed by atoms with Crippen LogP contribution in [0.3, 0.4) is 0 Å². The first-order valence-corrected chi connectivity index (χ1v) is 9.70. The number of benzene rings is 1. The van der Waals surface area contributed by atoms with Crippen molar-refractivity contribution in [3.63, 3.8) is 0 Å². The van der Waals surface area contributed by atoms with Gasteiger partial charge in [0.15, 0.2) is 0 Å². The number of nitrogens with zero attached hydrogens (tertiary/aromatic N) is 2. The summed E-state index contributed by atoms with van der Waals surface area (Å²) in [5.74, 6) is -2.60. The summed E-state index contributed by atoms with van der Waals surface area (Å²) >= 11 is 0. The van der Waals surface area contributed by atoms with Gasteiger partial charge in [0, 0.05) is 51.3 Å². The summed E-state index contributed by atoms with van der Waals surface area (Å²) in [7, 11) is 0. The number of nitrogens with one attached hydrogen (secondary N) is 1. The number of carboxylic acids is 1. The Labute approximate surface area is 173 Å². The maximum Gasteiger partial charge on any atom is 0.490 e. The van der Waals surface area contributed by atoms with Crippen molar-refractivity contribution in [3.05, 3.63) is 35.4 Å². The molecule has 1 aromatic rings. The Hall–Kier alpha value is -2.62. The predicted molar refractivity (Wildman–Crippen MR) is 105 cm³/mol. The fourth-order valence-electron chi connectivity index (χ4n) is 2.77. The molecule has 1 aliphatic rings. The van der Waals surface area contributed by atoms with Gasteiger partial charge in [-0.3, -0.25) is 9.59 Å². The normalized spacial score (nSPS) is 13.8. The van der Waals surface area contributed by atoms with Crippen molar-refractivity contribution in [2.75, 3.05) is 39.3 Å². The first-order chi connectivity index (χ1) is 14.1. The molecule has 1 heterocycles. The van der Waals surface area contributed by atoms with E-state index >= 15 is 0 Å². The number of aryl methyl sites for hydroxylation is 1. The molecule has 1 saturated heterocycles. The standard InChI is InChI=1S/C18H27N3O2.C2HF3O2/c1-3-11-21(18(23)16-6-4-15(2)5-7-16)12-8-17(22)20-13-9-19-10-14-20;3-2(4,5)1(6)7/h4-7,19H,3,8-14H2,1-2H3;(H,6,7). The number of carbonyl (C=O) groups excluding carboxylic acids is 2. The van der Waals surface area contributed by atoms with Crippen LogP contribution in [0.4, 0.5) is 13.2 Å². The molecule has 0 aliphatic carbocycles. The molecule has 2 N–H and O–H groups in total. The van der Waals surface area contributed by atoms with Crippen molar-refractivity contribution < 1.29 is 32.7 Å². The molecule has 10 heteroatoms. The summed E-state index contributed by atoms with van der Waals surface area (Å²) in [6.45, 7) is 8.46. The Kier molecular flexibility index (Phi) is 10.3. The van der Waals surface area contributed by atoms with Crippen LogP contribution in [-0.2, 0) is 9.59 Å². The van der Waals surface area contributed by atoms with Gasteiger partial charge in [-0.1, -0.05) is 24.6 Å². The van der Waals surface area contributed by atoms with Gasteiger partial charge in [0.2, 0.25) is 5.91 Å². The van der Waals surface area contributed by atoms with Crippen molar-refractivity contribution in [2.45, 2.75) is 32.9 Å². The molecular formula is C20H28F3N3O4. The van der Waals surface area contributed by atoms with E-state index in [9.17, 15) is 22.8 Å². The number of carbonyl (C=O) groups is 3. The zero-order valence-electron chi connectivity index (χ0n) is 17.2. The van der Waals surface area contributed by atoms with Crippen LogP contribution in [0, 0.1) is 6.92 Å². The second-order valence-corrected chi connectivity index (χ2v) is 6.84. The number of piperazine rings is 1. The predicted octanol–water partition coefficient (Wildman–Crippen LogP) is 2.30. The molecule has 30 heavy (non-hydrogen) atoms. The van der Waals surface area contributed by atoms with Crippen LogP contribution in [0.15, 0.2) is 24.3 Å². The van der Waals surface area contributed by atoms with Gasteiger partial charge in [-0.2, -0.15) is 13.2 Å². The molecule has 0 atom stereocenters. The molecule has 0 saturated carbocycles. The summed E-state index contributed by atoms with van der Waals surface area (Å²) < 4.78 is 31.7. The van der Waals surface area contributed by atoms with Crippen LogP contribution in [-0.4, -0.2) is 78.1 Å². The lowest BCUT2D eigenvalue weighted by Gasteiger charge is -2.29. The summed E-state index contributed by atoms with van der Waals surface area (Å²) in [5, 5.41) is 10.4. The van der Waals surface area contributed by atoms with Gasteiger partial charge in [-0.15, -0.1) is 0 Å². The average molecular weight is 431 g/mol. The molecule has 0 bridgehead atoms. The fourth-order valence-corrected chi connectivity index (χ4v) is 2.77. The van der Waals surface area contributed by atoms with Crippen LogP contribution in [0.5, 0.6) is 0 Å². The molecule has 1 aliphatic heterocycles. The van der Waals surface area contributed by atoms with Gasteiger partial charge in [0.25, 0.3) is 5.91 Å². The van der Waals surface area contributed by atoms with E-state index in [2.05, 4.69) is 5.32 Å². The van der Waals surface area contributed by atoms with Crippen LogP contribution in [0.2, 0.25) is 0 Å². The third kappa shape index (κ3) is 8.81. The first-order valence-electron chi connectivity index (χ1n) is 9.70. The highest BCUT2D eigenvalue weighted by Gasteiger charge is 2.38. The first kappa shape index (κ1) is 25.4. The van der Waals surface area contributed by atoms with E-state index in [1.807, 2.05) is 43.0 Å². The van der Waals surface area contributed by atoms with E-state index in [0.717, 1.165) is 38.2 Å². The SMILES string of the molecule is CCCN(CCC(=O)N1CCNCC1)C(=O)c1ccc(C)cc1.O=C(O)C(F)(F)F. The Balaban J connectivity index is 0.000000553. The number of rotatable bonds is 6. The third-order valence-corrected chi connectivity index (χ3v) is 4.39. The van der Waals surface area contributed by atoms with Crippen LogP contribution in [0.1, 0.15) is 35.7 Å². The minimum atomic E-state index is -5.08. The zero-order valence-corrected chi connectivity index (χ0v) is 17.2. The van der Waals surface area contributed by atoms with Gasteiger partial charge in [-0.25, -0.2) is 4.79 Å². The topological polar surface area (TPSA) is 90.0 Å². The summed E-state index contributed by atoms with van der Waals surface area (Å²) in [6, 6.07) is 7.61. The Morgan fingerprint density at radius 3 is 2.10 bits per heavy atom. The molecule has 1 aromatic carbocycles. The summed E-state index contributed by atoms with van der Waals surface area (Å²) in [6.07, 6.45) is -3.79. The summed E-state index contributed by atoms with van der Waals surface area (Å²) in [4.78, 5) is 37.5. The minimum absolute atomic E-state index is 0.0139. The van der Waals surface area contributed by atoms with Crippen molar-refractivity contribution in [3.8, 4) is 0 Å². The second-order valence-electron chi connectivity index (χ2n) is 6.84. The van der Waals surface area contributed by atoms with E-state index in [0.29, 0.717) is 25.1 Å². The quantitative estimate of drug-likeness (QED) is 0.722. The number of hydrogen-bond donors (Lipinski definition) is 2. The number of carboxylic acid groups (broad SMARTS) is 1. The summed E-state index contributed by atoms with van der Waals surface area (Å²) in [5.41, 5.74) is 1.83. The van der Waals surface area contributed by atoms with Crippen LogP contribution < -0.4 is 5.32 Å². The van der Waals surface area contributed by atoms with Crippen LogP contribution in [0.25, 0.3) is 0 Å². The number of alkyl halides is 3. The maximum atomic E-state index is 12.6. The van der Waals surface area contributed by atoms with E-state index in [1.54, 1.807) is 4.90 Å². The van der Waals surface area contributed by atoms with Gasteiger partial charge in [0.1, 0.15) is 0 Å². The molecule has 1 fully saturated rings. The molecule has 0 unspecified atom stereocenters. The minimum Gasteiger partial charge on any atom is -0.475 e. The van der Waals surface area contributed by atoms with Crippen molar-refractivity contribution in [1.82, 2.24) is 15.1 Å². The van der Waals surface area contributed by atoms with Gasteiger partial charge >= 0.3 is 12.1 Å². The molecule has 0 aromatic heterocycles. The molecular weight excluding hydrogens is 403 g/mol. The molecule has 2 amide bonds. The van der Waals surface area contributed by atoms with E-state index in [1.165, 1.54) is 0 Å². The molecule has 0 radical (unpaired) electrons.